The third kappa shape index (κ3) is 2.29. The Balaban J connectivity index is 1.67. The molecular weight excluding hydrogens is 296 g/mol. The van der Waals surface area contributed by atoms with Crippen LogP contribution < -0.4 is 4.90 Å². The number of rotatable bonds is 3. The van der Waals surface area contributed by atoms with E-state index in [2.05, 4.69) is 51.4 Å². The molecule has 0 bridgehead atoms. The SMILES string of the molecule is CCC1Cc2ccccc2CN1c1nnc(-c2ccon2)s1. The largest absolute Gasteiger partial charge is 0.364 e. The van der Waals surface area contributed by atoms with Crippen LogP contribution in [-0.2, 0) is 13.0 Å². The summed E-state index contributed by atoms with van der Waals surface area (Å²) in [7, 11) is 0. The van der Waals surface area contributed by atoms with E-state index in [0.717, 1.165) is 35.2 Å². The Bertz CT molecular complexity index is 768. The smallest absolute Gasteiger partial charge is 0.209 e. The second-order valence-electron chi connectivity index (χ2n) is 5.44. The molecule has 0 amide bonds. The van der Waals surface area contributed by atoms with Crippen LogP contribution >= 0.6 is 11.3 Å². The topological polar surface area (TPSA) is 55.1 Å². The molecule has 0 saturated heterocycles. The molecule has 22 heavy (non-hydrogen) atoms. The fraction of sp³-hybridized carbons (Fsp3) is 0.312. The maximum absolute atomic E-state index is 4.89. The molecule has 1 aromatic carbocycles. The lowest BCUT2D eigenvalue weighted by Gasteiger charge is -2.36. The zero-order chi connectivity index (χ0) is 14.9. The molecule has 0 fully saturated rings. The zero-order valence-electron chi connectivity index (χ0n) is 12.3. The van der Waals surface area contributed by atoms with Crippen molar-refractivity contribution in [2.45, 2.75) is 32.4 Å². The summed E-state index contributed by atoms with van der Waals surface area (Å²) >= 11 is 1.57. The lowest BCUT2D eigenvalue weighted by Crippen LogP contribution is -2.40. The lowest BCUT2D eigenvalue weighted by molar-refractivity contribution is 0.422. The van der Waals surface area contributed by atoms with E-state index in [9.17, 15) is 0 Å². The summed E-state index contributed by atoms with van der Waals surface area (Å²) in [5.41, 5.74) is 3.58. The van der Waals surface area contributed by atoms with Crippen molar-refractivity contribution in [1.82, 2.24) is 15.4 Å². The Kier molecular flexibility index (Phi) is 3.38. The van der Waals surface area contributed by atoms with Crippen LogP contribution in [0, 0.1) is 0 Å². The zero-order valence-corrected chi connectivity index (χ0v) is 13.1. The van der Waals surface area contributed by atoms with Crippen molar-refractivity contribution >= 4 is 16.5 Å². The molecule has 1 atom stereocenters. The fourth-order valence-corrected chi connectivity index (χ4v) is 3.81. The molecule has 5 nitrogen and oxygen atoms in total. The summed E-state index contributed by atoms with van der Waals surface area (Å²) in [6.45, 7) is 3.12. The van der Waals surface area contributed by atoms with Gasteiger partial charge in [-0.25, -0.2) is 0 Å². The van der Waals surface area contributed by atoms with Gasteiger partial charge < -0.3 is 9.42 Å². The van der Waals surface area contributed by atoms with E-state index in [0.29, 0.717) is 6.04 Å². The normalized spacial score (nSPS) is 17.5. The summed E-state index contributed by atoms with van der Waals surface area (Å²) in [6, 6.07) is 10.9. The molecule has 2 aromatic heterocycles. The van der Waals surface area contributed by atoms with Crippen molar-refractivity contribution in [3.63, 3.8) is 0 Å². The highest BCUT2D eigenvalue weighted by molar-refractivity contribution is 7.18. The number of benzene rings is 1. The molecule has 3 aromatic rings. The Morgan fingerprint density at radius 3 is 2.86 bits per heavy atom. The predicted octanol–water partition coefficient (Wildman–Crippen LogP) is 3.53. The highest BCUT2D eigenvalue weighted by atomic mass is 32.1. The summed E-state index contributed by atoms with van der Waals surface area (Å²) in [5.74, 6) is 0. The first-order valence-corrected chi connectivity index (χ1v) is 8.24. The highest BCUT2D eigenvalue weighted by Crippen LogP contribution is 2.34. The minimum atomic E-state index is 0.466. The molecule has 0 aliphatic carbocycles. The standard InChI is InChI=1S/C16H16N4OS/c1-2-13-9-11-5-3-4-6-12(11)10-20(13)16-18-17-15(22-16)14-7-8-21-19-14/h3-8,13H,2,9-10H2,1H3. The second kappa shape index (κ2) is 5.53. The van der Waals surface area contributed by atoms with Gasteiger partial charge in [-0.1, -0.05) is 47.7 Å². The number of aromatic nitrogens is 3. The van der Waals surface area contributed by atoms with E-state index >= 15 is 0 Å². The number of anilines is 1. The van der Waals surface area contributed by atoms with Gasteiger partial charge >= 0.3 is 0 Å². The van der Waals surface area contributed by atoms with Gasteiger partial charge in [0.15, 0.2) is 5.01 Å². The quantitative estimate of drug-likeness (QED) is 0.740. The van der Waals surface area contributed by atoms with Gasteiger partial charge in [0.1, 0.15) is 12.0 Å². The number of fused-ring (bicyclic) bond motifs is 1. The van der Waals surface area contributed by atoms with E-state index in [1.807, 2.05) is 6.07 Å². The molecule has 0 spiro atoms. The molecule has 0 radical (unpaired) electrons. The Morgan fingerprint density at radius 2 is 2.09 bits per heavy atom. The van der Waals surface area contributed by atoms with Gasteiger partial charge in [-0.05, 0) is 24.0 Å². The van der Waals surface area contributed by atoms with Gasteiger partial charge in [0.25, 0.3) is 0 Å². The van der Waals surface area contributed by atoms with Crippen LogP contribution in [0.5, 0.6) is 0 Å². The van der Waals surface area contributed by atoms with Crippen molar-refractivity contribution in [2.24, 2.45) is 0 Å². The highest BCUT2D eigenvalue weighted by Gasteiger charge is 2.27. The first kappa shape index (κ1) is 13.5. The minimum absolute atomic E-state index is 0.466. The minimum Gasteiger partial charge on any atom is -0.364 e. The van der Waals surface area contributed by atoms with Crippen molar-refractivity contribution in [3.05, 3.63) is 47.7 Å². The maximum atomic E-state index is 4.89. The van der Waals surface area contributed by atoms with Crippen LogP contribution in [0.15, 0.2) is 41.1 Å². The fourth-order valence-electron chi connectivity index (χ4n) is 2.93. The van der Waals surface area contributed by atoms with Gasteiger partial charge in [0.2, 0.25) is 5.13 Å². The summed E-state index contributed by atoms with van der Waals surface area (Å²) in [4.78, 5) is 2.36. The third-order valence-electron chi connectivity index (χ3n) is 4.14. The summed E-state index contributed by atoms with van der Waals surface area (Å²) in [6.07, 6.45) is 3.71. The van der Waals surface area contributed by atoms with E-state index < -0.39 is 0 Å². The van der Waals surface area contributed by atoms with Crippen LogP contribution in [-0.4, -0.2) is 21.4 Å². The summed E-state index contributed by atoms with van der Waals surface area (Å²) < 4.78 is 4.89. The molecule has 1 unspecified atom stereocenters. The molecule has 6 heteroatoms. The van der Waals surface area contributed by atoms with Crippen molar-refractivity contribution in [3.8, 4) is 10.7 Å². The van der Waals surface area contributed by atoms with E-state index in [1.165, 1.54) is 11.1 Å². The van der Waals surface area contributed by atoms with Crippen LogP contribution in [0.2, 0.25) is 0 Å². The van der Waals surface area contributed by atoms with Crippen LogP contribution in [0.4, 0.5) is 5.13 Å². The van der Waals surface area contributed by atoms with E-state index in [4.69, 9.17) is 4.52 Å². The Labute approximate surface area is 132 Å². The third-order valence-corrected chi connectivity index (χ3v) is 5.13. The molecule has 0 N–H and O–H groups in total. The number of nitrogens with zero attached hydrogens (tertiary/aromatic N) is 4. The molecular formula is C16H16N4OS. The van der Waals surface area contributed by atoms with E-state index in [-0.39, 0.29) is 0 Å². The molecule has 112 valence electrons. The van der Waals surface area contributed by atoms with Gasteiger partial charge in [-0.15, -0.1) is 10.2 Å². The van der Waals surface area contributed by atoms with Crippen molar-refractivity contribution < 1.29 is 4.52 Å². The Morgan fingerprint density at radius 1 is 1.23 bits per heavy atom. The summed E-state index contributed by atoms with van der Waals surface area (Å²) in [5, 5.41) is 14.3. The van der Waals surface area contributed by atoms with Crippen LogP contribution in [0.25, 0.3) is 10.7 Å². The molecule has 1 aliphatic heterocycles. The molecule has 4 rings (SSSR count). The number of hydrogen-bond acceptors (Lipinski definition) is 6. The molecule has 3 heterocycles. The lowest BCUT2D eigenvalue weighted by atomic mass is 9.93. The van der Waals surface area contributed by atoms with Crippen molar-refractivity contribution in [2.75, 3.05) is 4.90 Å². The monoisotopic (exact) mass is 312 g/mol. The second-order valence-corrected chi connectivity index (χ2v) is 6.39. The van der Waals surface area contributed by atoms with Crippen molar-refractivity contribution in [1.29, 1.82) is 0 Å². The van der Waals surface area contributed by atoms with Gasteiger partial charge in [-0.2, -0.15) is 0 Å². The average molecular weight is 312 g/mol. The van der Waals surface area contributed by atoms with Gasteiger partial charge in [0, 0.05) is 18.7 Å². The molecule has 0 saturated carbocycles. The number of hydrogen-bond donors (Lipinski definition) is 0. The van der Waals surface area contributed by atoms with E-state index in [1.54, 1.807) is 17.6 Å². The van der Waals surface area contributed by atoms with Gasteiger partial charge in [0.05, 0.1) is 0 Å². The van der Waals surface area contributed by atoms with Crippen LogP contribution in [0.1, 0.15) is 24.5 Å². The van der Waals surface area contributed by atoms with Crippen LogP contribution in [0.3, 0.4) is 0 Å². The maximum Gasteiger partial charge on any atom is 0.209 e. The molecule has 1 aliphatic rings. The average Bonchev–Trinajstić information content (AvgIpc) is 3.24. The first-order valence-electron chi connectivity index (χ1n) is 7.43. The predicted molar refractivity (Wildman–Crippen MR) is 85.8 cm³/mol. The first-order chi connectivity index (χ1) is 10.8. The van der Waals surface area contributed by atoms with Gasteiger partial charge in [-0.3, -0.25) is 0 Å². The Hall–Kier alpha value is -2.21.